The van der Waals surface area contributed by atoms with Crippen molar-refractivity contribution in [1.82, 2.24) is 21.3 Å². The first-order valence-corrected chi connectivity index (χ1v) is 17.9. The summed E-state index contributed by atoms with van der Waals surface area (Å²) in [4.78, 5) is 39.2. The van der Waals surface area contributed by atoms with Crippen molar-refractivity contribution in [2.75, 3.05) is 19.7 Å². The van der Waals surface area contributed by atoms with Crippen LogP contribution in [0.25, 0.3) is 6.08 Å². The Kier molecular flexibility index (Phi) is 14.8. The average molecular weight is 715 g/mol. The van der Waals surface area contributed by atoms with Crippen molar-refractivity contribution in [2.45, 2.75) is 89.8 Å². The molecule has 0 fully saturated rings. The minimum Gasteiger partial charge on any atom is -0.445 e. The zero-order valence-corrected chi connectivity index (χ0v) is 30.8. The lowest BCUT2D eigenvalue weighted by Crippen LogP contribution is -2.57. The molecule has 1 aliphatic carbocycles. The van der Waals surface area contributed by atoms with Crippen molar-refractivity contribution in [3.05, 3.63) is 113 Å². The van der Waals surface area contributed by atoms with Crippen molar-refractivity contribution < 1.29 is 34.1 Å². The second-order valence-electron chi connectivity index (χ2n) is 14.7. The van der Waals surface area contributed by atoms with E-state index >= 15 is 0 Å². The number of carbonyl (C=O) groups excluding carboxylic acids is 3. The number of rotatable bonds is 17. The molecule has 0 saturated heterocycles. The quantitative estimate of drug-likeness (QED) is 0.119. The summed E-state index contributed by atoms with van der Waals surface area (Å²) in [5.41, 5.74) is 4.37. The molecule has 0 saturated carbocycles. The maximum atomic E-state index is 13.7. The van der Waals surface area contributed by atoms with E-state index in [9.17, 15) is 24.6 Å². The van der Waals surface area contributed by atoms with Crippen LogP contribution in [-0.2, 0) is 33.5 Å². The largest absolute Gasteiger partial charge is 0.445 e. The molecule has 11 nitrogen and oxygen atoms in total. The average Bonchev–Trinajstić information content (AvgIpc) is 3.52. The van der Waals surface area contributed by atoms with Crippen LogP contribution in [0.4, 0.5) is 9.59 Å². The molecule has 6 N–H and O–H groups in total. The van der Waals surface area contributed by atoms with Gasteiger partial charge in [-0.15, -0.1) is 0 Å². The molecule has 11 heteroatoms. The number of amides is 3. The summed E-state index contributed by atoms with van der Waals surface area (Å²) in [7, 11) is 0. The van der Waals surface area contributed by atoms with Gasteiger partial charge in [0, 0.05) is 13.1 Å². The lowest BCUT2D eigenvalue weighted by molar-refractivity contribution is -0.125. The number of aliphatic hydroxyl groups excluding tert-OH is 2. The van der Waals surface area contributed by atoms with Crippen molar-refractivity contribution in [3.63, 3.8) is 0 Å². The van der Waals surface area contributed by atoms with Gasteiger partial charge in [-0.05, 0) is 73.8 Å². The van der Waals surface area contributed by atoms with Crippen LogP contribution in [0.15, 0.2) is 90.5 Å². The van der Waals surface area contributed by atoms with Crippen LogP contribution in [0.5, 0.6) is 0 Å². The van der Waals surface area contributed by atoms with Gasteiger partial charge in [0.2, 0.25) is 5.91 Å². The van der Waals surface area contributed by atoms with Crippen molar-refractivity contribution in [3.8, 4) is 0 Å². The molecule has 0 spiro atoms. The number of hydrogen-bond donors (Lipinski definition) is 6. The van der Waals surface area contributed by atoms with Crippen LogP contribution in [0.3, 0.4) is 0 Å². The molecule has 0 heterocycles. The SMILES string of the molecule is CC(C)[C@H](NC(=O)OCC1=Cc2ccccc2C1)C(=O)N[C@H](Cc1ccccc1)[C@H](O)CNC[C@@H](O)[C@H](Cc1ccccc1)NC(=O)OC(C)(C)C. The number of nitrogens with one attached hydrogen (secondary N) is 4. The van der Waals surface area contributed by atoms with Crippen LogP contribution in [0, 0.1) is 5.92 Å². The van der Waals surface area contributed by atoms with Gasteiger partial charge in [0.05, 0.1) is 24.3 Å². The lowest BCUT2D eigenvalue weighted by atomic mass is 9.98. The predicted octanol–water partition coefficient (Wildman–Crippen LogP) is 4.55. The molecular formula is C41H54N4O7. The minimum atomic E-state index is -1.07. The second-order valence-corrected chi connectivity index (χ2v) is 14.7. The van der Waals surface area contributed by atoms with Crippen molar-refractivity contribution >= 4 is 24.2 Å². The van der Waals surface area contributed by atoms with Gasteiger partial charge in [0.25, 0.3) is 0 Å². The predicted molar refractivity (Wildman–Crippen MR) is 201 cm³/mol. The van der Waals surface area contributed by atoms with E-state index in [4.69, 9.17) is 9.47 Å². The van der Waals surface area contributed by atoms with Gasteiger partial charge in [-0.3, -0.25) is 4.79 Å². The number of fused-ring (bicyclic) bond motifs is 1. The zero-order valence-electron chi connectivity index (χ0n) is 30.8. The molecular weight excluding hydrogens is 660 g/mol. The molecule has 4 rings (SSSR count). The Morgan fingerprint density at radius 3 is 1.81 bits per heavy atom. The summed E-state index contributed by atoms with van der Waals surface area (Å²) in [5, 5.41) is 34.1. The van der Waals surface area contributed by atoms with E-state index in [1.165, 1.54) is 5.56 Å². The number of ether oxygens (including phenoxy) is 2. The van der Waals surface area contributed by atoms with Gasteiger partial charge in [-0.1, -0.05) is 105 Å². The van der Waals surface area contributed by atoms with E-state index in [2.05, 4.69) is 21.3 Å². The van der Waals surface area contributed by atoms with E-state index < -0.39 is 54.0 Å². The van der Waals surface area contributed by atoms with Crippen molar-refractivity contribution in [2.24, 2.45) is 5.92 Å². The van der Waals surface area contributed by atoms with Gasteiger partial charge in [-0.2, -0.15) is 0 Å². The minimum absolute atomic E-state index is 0.0264. The molecule has 5 atom stereocenters. The second kappa shape index (κ2) is 19.2. The van der Waals surface area contributed by atoms with Gasteiger partial charge < -0.3 is 41.0 Å². The molecule has 0 bridgehead atoms. The number of aliphatic hydroxyl groups is 2. The highest BCUT2D eigenvalue weighted by molar-refractivity contribution is 5.86. The van der Waals surface area contributed by atoms with Crippen LogP contribution >= 0.6 is 0 Å². The summed E-state index contributed by atoms with van der Waals surface area (Å²) >= 11 is 0. The van der Waals surface area contributed by atoms with Gasteiger partial charge in [0.1, 0.15) is 18.2 Å². The fourth-order valence-electron chi connectivity index (χ4n) is 6.00. The maximum absolute atomic E-state index is 13.7. The van der Waals surface area contributed by atoms with Crippen LogP contribution < -0.4 is 21.3 Å². The first-order chi connectivity index (χ1) is 24.8. The molecule has 3 aromatic rings. The lowest BCUT2D eigenvalue weighted by Gasteiger charge is -2.30. The van der Waals surface area contributed by atoms with E-state index in [1.54, 1.807) is 20.8 Å². The molecule has 3 amide bonds. The molecule has 1 aliphatic rings. The van der Waals surface area contributed by atoms with Crippen LogP contribution in [0.2, 0.25) is 0 Å². The molecule has 280 valence electrons. The van der Waals surface area contributed by atoms with E-state index in [0.29, 0.717) is 19.3 Å². The third-order valence-corrected chi connectivity index (χ3v) is 8.71. The van der Waals surface area contributed by atoms with Crippen LogP contribution in [0.1, 0.15) is 56.9 Å². The highest BCUT2D eigenvalue weighted by Crippen LogP contribution is 2.24. The molecule has 0 unspecified atom stereocenters. The smallest absolute Gasteiger partial charge is 0.408 e. The number of hydrogen-bond acceptors (Lipinski definition) is 8. The summed E-state index contributed by atoms with van der Waals surface area (Å²) in [6.07, 6.45) is -0.0544. The molecule has 3 aromatic carbocycles. The summed E-state index contributed by atoms with van der Waals surface area (Å²) in [6, 6.07) is 24.6. The normalized spacial score (nSPS) is 15.3. The summed E-state index contributed by atoms with van der Waals surface area (Å²) in [5.74, 6) is -0.728. The zero-order chi connectivity index (χ0) is 37.7. The molecule has 0 aliphatic heterocycles. The summed E-state index contributed by atoms with van der Waals surface area (Å²) < 4.78 is 10.9. The molecule has 0 radical (unpaired) electrons. The fourth-order valence-corrected chi connectivity index (χ4v) is 6.00. The number of alkyl carbamates (subject to hydrolysis) is 2. The van der Waals surface area contributed by atoms with Gasteiger partial charge >= 0.3 is 12.2 Å². The highest BCUT2D eigenvalue weighted by Gasteiger charge is 2.30. The van der Waals surface area contributed by atoms with E-state index in [0.717, 1.165) is 22.3 Å². The Bertz CT molecular complexity index is 1620. The Morgan fingerprint density at radius 2 is 1.27 bits per heavy atom. The van der Waals surface area contributed by atoms with Gasteiger partial charge in [-0.25, -0.2) is 9.59 Å². The third kappa shape index (κ3) is 13.1. The number of benzene rings is 3. The summed E-state index contributed by atoms with van der Waals surface area (Å²) in [6.45, 7) is 9.12. The monoisotopic (exact) mass is 714 g/mol. The van der Waals surface area contributed by atoms with E-state index in [-0.39, 0.29) is 25.6 Å². The van der Waals surface area contributed by atoms with Crippen molar-refractivity contribution in [1.29, 1.82) is 0 Å². The first kappa shape index (κ1) is 40.1. The van der Waals surface area contributed by atoms with E-state index in [1.807, 2.05) is 105 Å². The Balaban J connectivity index is 1.36. The first-order valence-electron chi connectivity index (χ1n) is 17.9. The Labute approximate surface area is 307 Å². The fraction of sp³-hybridized carbons (Fsp3) is 0.439. The Morgan fingerprint density at radius 1 is 0.731 bits per heavy atom. The third-order valence-electron chi connectivity index (χ3n) is 8.71. The number of carbonyl (C=O) groups is 3. The Hall–Kier alpha value is -4.71. The van der Waals surface area contributed by atoms with Crippen LogP contribution in [-0.4, -0.2) is 83.9 Å². The molecule has 0 aromatic heterocycles. The maximum Gasteiger partial charge on any atom is 0.408 e. The topological polar surface area (TPSA) is 158 Å². The standard InChI is InChI=1S/C41H54N4O7/c1-27(2)37(45-39(49)51-26-30-20-31-18-12-13-19-32(31)21-30)38(48)43-33(22-28-14-8-6-9-15-28)35(46)24-42-25-36(47)34(23-29-16-10-7-11-17-29)44-40(50)52-41(3,4)5/h6-20,27,33-37,42,46-47H,21-26H2,1-5H3,(H,43,48)(H,44,50)(H,45,49)/t33-,34+,35-,36-,37+/m1/s1. The van der Waals surface area contributed by atoms with Gasteiger partial charge in [0.15, 0.2) is 0 Å². The molecule has 52 heavy (non-hydrogen) atoms. The highest BCUT2D eigenvalue weighted by atomic mass is 16.6.